The molecule has 0 radical (unpaired) electrons. The number of nitrogens with zero attached hydrogens (tertiary/aromatic N) is 3. The van der Waals surface area contributed by atoms with E-state index in [1.807, 2.05) is 0 Å². The number of aromatic nitrogens is 1. The second-order valence-corrected chi connectivity index (χ2v) is 5.29. The van der Waals surface area contributed by atoms with Gasteiger partial charge in [0.25, 0.3) is 0 Å². The summed E-state index contributed by atoms with van der Waals surface area (Å²) >= 11 is 0. The average Bonchev–Trinajstić information content (AvgIpc) is 2.52. The van der Waals surface area contributed by atoms with E-state index in [1.165, 1.54) is 31.4 Å². The number of likely N-dealkylation sites (tertiary alicyclic amines) is 1. The fourth-order valence-electron chi connectivity index (χ4n) is 2.54. The maximum absolute atomic E-state index is 11.0. The third-order valence-electron chi connectivity index (χ3n) is 3.80. The number of nitro groups is 1. The highest BCUT2D eigenvalue weighted by molar-refractivity contribution is 5.60. The number of nitrogens with one attached hydrogen (secondary N) is 2. The minimum atomic E-state index is -0.443. The first-order chi connectivity index (χ1) is 10.1. The van der Waals surface area contributed by atoms with Gasteiger partial charge in [-0.1, -0.05) is 6.42 Å². The Kier molecular flexibility index (Phi) is 5.29. The molecule has 1 atom stereocenters. The van der Waals surface area contributed by atoms with E-state index >= 15 is 0 Å². The number of pyridine rings is 1. The van der Waals surface area contributed by atoms with Gasteiger partial charge in [0, 0.05) is 18.7 Å². The minimum absolute atomic E-state index is 0.0418. The zero-order chi connectivity index (χ0) is 15.2. The van der Waals surface area contributed by atoms with Crippen LogP contribution >= 0.6 is 0 Å². The van der Waals surface area contributed by atoms with Crippen molar-refractivity contribution in [3.05, 3.63) is 22.2 Å². The molecule has 21 heavy (non-hydrogen) atoms. The molecule has 4 N–H and O–H groups in total. The van der Waals surface area contributed by atoms with Crippen LogP contribution in [0, 0.1) is 10.1 Å². The topological polar surface area (TPSA) is 109 Å². The minimum Gasteiger partial charge on any atom is -0.363 e. The van der Waals surface area contributed by atoms with Crippen molar-refractivity contribution in [2.45, 2.75) is 32.2 Å². The lowest BCUT2D eigenvalue weighted by molar-refractivity contribution is -0.384. The van der Waals surface area contributed by atoms with Crippen LogP contribution in [0.5, 0.6) is 0 Å². The number of anilines is 2. The molecule has 0 saturated carbocycles. The van der Waals surface area contributed by atoms with Crippen molar-refractivity contribution in [2.75, 3.05) is 30.4 Å². The molecule has 0 amide bonds. The molecule has 1 unspecified atom stereocenters. The second-order valence-electron chi connectivity index (χ2n) is 5.29. The van der Waals surface area contributed by atoms with Crippen LogP contribution in [0.2, 0.25) is 0 Å². The van der Waals surface area contributed by atoms with Gasteiger partial charge in [-0.25, -0.2) is 10.8 Å². The molecule has 2 rings (SSSR count). The van der Waals surface area contributed by atoms with Crippen molar-refractivity contribution in [2.24, 2.45) is 5.84 Å². The lowest BCUT2D eigenvalue weighted by Gasteiger charge is -2.32. The van der Waals surface area contributed by atoms with E-state index in [-0.39, 0.29) is 11.5 Å². The SMILES string of the molecule is CC(CNc1nc(NN)ccc1[N+](=O)[O-])N1CCCCC1. The predicted octanol–water partition coefficient (Wildman–Crippen LogP) is 1.56. The van der Waals surface area contributed by atoms with Crippen molar-refractivity contribution >= 4 is 17.3 Å². The van der Waals surface area contributed by atoms with Gasteiger partial charge in [0.15, 0.2) is 0 Å². The van der Waals surface area contributed by atoms with Crippen LogP contribution in [-0.4, -0.2) is 40.5 Å². The Hall–Kier alpha value is -1.93. The van der Waals surface area contributed by atoms with E-state index in [1.54, 1.807) is 0 Å². The van der Waals surface area contributed by atoms with Crippen molar-refractivity contribution in [1.82, 2.24) is 9.88 Å². The zero-order valence-corrected chi connectivity index (χ0v) is 12.2. The summed E-state index contributed by atoms with van der Waals surface area (Å²) in [5.74, 6) is 5.95. The number of hydrogen-bond donors (Lipinski definition) is 3. The molecule has 1 aliphatic rings. The van der Waals surface area contributed by atoms with Crippen LogP contribution in [0.1, 0.15) is 26.2 Å². The first-order valence-electron chi connectivity index (χ1n) is 7.22. The molecule has 0 aromatic carbocycles. The largest absolute Gasteiger partial charge is 0.363 e. The van der Waals surface area contributed by atoms with Crippen LogP contribution in [0.15, 0.2) is 12.1 Å². The second kappa shape index (κ2) is 7.19. The molecule has 0 bridgehead atoms. The molecule has 8 nitrogen and oxygen atoms in total. The molecule has 1 aromatic rings. The molecule has 116 valence electrons. The van der Waals surface area contributed by atoms with Crippen LogP contribution < -0.4 is 16.6 Å². The number of hydrogen-bond acceptors (Lipinski definition) is 7. The number of nitrogen functional groups attached to an aromatic ring is 1. The monoisotopic (exact) mass is 294 g/mol. The van der Waals surface area contributed by atoms with Crippen molar-refractivity contribution in [1.29, 1.82) is 0 Å². The van der Waals surface area contributed by atoms with Crippen LogP contribution in [0.4, 0.5) is 17.3 Å². The molecule has 1 fully saturated rings. The van der Waals surface area contributed by atoms with E-state index in [4.69, 9.17) is 5.84 Å². The van der Waals surface area contributed by atoms with Crippen molar-refractivity contribution < 1.29 is 4.92 Å². The number of nitrogens with two attached hydrogens (primary N) is 1. The molecule has 1 aliphatic heterocycles. The van der Waals surface area contributed by atoms with Gasteiger partial charge in [-0.05, 0) is 38.9 Å². The molecule has 2 heterocycles. The number of piperidine rings is 1. The van der Waals surface area contributed by atoms with Gasteiger partial charge < -0.3 is 10.7 Å². The Morgan fingerprint density at radius 2 is 2.14 bits per heavy atom. The van der Waals surface area contributed by atoms with Crippen LogP contribution in [0.3, 0.4) is 0 Å². The van der Waals surface area contributed by atoms with E-state index in [0.29, 0.717) is 18.4 Å². The Morgan fingerprint density at radius 1 is 1.43 bits per heavy atom. The van der Waals surface area contributed by atoms with Crippen molar-refractivity contribution in [3.8, 4) is 0 Å². The highest BCUT2D eigenvalue weighted by Crippen LogP contribution is 2.24. The molecule has 0 spiro atoms. The third kappa shape index (κ3) is 4.02. The lowest BCUT2D eigenvalue weighted by atomic mass is 10.1. The zero-order valence-electron chi connectivity index (χ0n) is 12.2. The quantitative estimate of drug-likeness (QED) is 0.415. The highest BCUT2D eigenvalue weighted by atomic mass is 16.6. The molecule has 0 aliphatic carbocycles. The molecule has 1 aromatic heterocycles. The standard InChI is InChI=1S/C13H22N6O2/c1-10(18-7-3-2-4-8-18)9-15-13-11(19(20)21)5-6-12(16-13)17-14/h5-6,10H,2-4,7-9,14H2,1H3,(H2,15,16,17). The van der Waals surface area contributed by atoms with E-state index < -0.39 is 4.92 Å². The Labute approximate surface area is 123 Å². The molecular formula is C13H22N6O2. The fourth-order valence-corrected chi connectivity index (χ4v) is 2.54. The third-order valence-corrected chi connectivity index (χ3v) is 3.80. The maximum Gasteiger partial charge on any atom is 0.311 e. The van der Waals surface area contributed by atoms with E-state index in [2.05, 4.69) is 27.6 Å². The first-order valence-corrected chi connectivity index (χ1v) is 7.22. The summed E-state index contributed by atoms with van der Waals surface area (Å²) in [5, 5.41) is 14.1. The summed E-state index contributed by atoms with van der Waals surface area (Å²) in [5.41, 5.74) is 2.36. The summed E-state index contributed by atoms with van der Waals surface area (Å²) < 4.78 is 0. The van der Waals surface area contributed by atoms with Gasteiger partial charge in [0.05, 0.1) is 4.92 Å². The summed E-state index contributed by atoms with van der Waals surface area (Å²) in [6.45, 7) is 4.91. The first kappa shape index (κ1) is 15.5. The van der Waals surface area contributed by atoms with E-state index in [0.717, 1.165) is 13.1 Å². The van der Waals surface area contributed by atoms with Crippen LogP contribution in [-0.2, 0) is 0 Å². The van der Waals surface area contributed by atoms with Gasteiger partial charge in [-0.15, -0.1) is 0 Å². The fraction of sp³-hybridized carbons (Fsp3) is 0.615. The summed E-state index contributed by atoms with van der Waals surface area (Å²) in [7, 11) is 0. The Bertz CT molecular complexity index is 490. The normalized spacial score (nSPS) is 17.2. The van der Waals surface area contributed by atoms with Gasteiger partial charge in [0.1, 0.15) is 5.82 Å². The Morgan fingerprint density at radius 3 is 2.76 bits per heavy atom. The Balaban J connectivity index is 2.02. The highest BCUT2D eigenvalue weighted by Gasteiger charge is 2.19. The van der Waals surface area contributed by atoms with Gasteiger partial charge in [0.2, 0.25) is 5.82 Å². The van der Waals surface area contributed by atoms with Gasteiger partial charge >= 0.3 is 5.69 Å². The predicted molar refractivity (Wildman–Crippen MR) is 82.1 cm³/mol. The van der Waals surface area contributed by atoms with Crippen molar-refractivity contribution in [3.63, 3.8) is 0 Å². The van der Waals surface area contributed by atoms with Crippen LogP contribution in [0.25, 0.3) is 0 Å². The summed E-state index contributed by atoms with van der Waals surface area (Å²) in [6, 6.07) is 3.19. The maximum atomic E-state index is 11.0. The van der Waals surface area contributed by atoms with Gasteiger partial charge in [-0.2, -0.15) is 0 Å². The molecule has 8 heteroatoms. The van der Waals surface area contributed by atoms with Gasteiger partial charge in [-0.3, -0.25) is 15.0 Å². The number of rotatable bonds is 6. The lowest BCUT2D eigenvalue weighted by Crippen LogP contribution is -2.41. The van der Waals surface area contributed by atoms with E-state index in [9.17, 15) is 10.1 Å². The molecule has 1 saturated heterocycles. The number of hydrazine groups is 1. The average molecular weight is 294 g/mol. The summed E-state index contributed by atoms with van der Waals surface area (Å²) in [6.07, 6.45) is 3.72. The smallest absolute Gasteiger partial charge is 0.311 e. The molecular weight excluding hydrogens is 272 g/mol. The summed E-state index contributed by atoms with van der Waals surface area (Å²) in [4.78, 5) is 17.1.